The highest BCUT2D eigenvalue weighted by Crippen LogP contribution is 2.25. The second kappa shape index (κ2) is 8.95. The summed E-state index contributed by atoms with van der Waals surface area (Å²) in [6, 6.07) is 9.87. The van der Waals surface area contributed by atoms with Crippen molar-refractivity contribution in [3.05, 3.63) is 35.9 Å². The van der Waals surface area contributed by atoms with Gasteiger partial charge in [0, 0.05) is 12.1 Å². The summed E-state index contributed by atoms with van der Waals surface area (Å²) in [7, 11) is 0. The summed E-state index contributed by atoms with van der Waals surface area (Å²) in [4.78, 5) is 40.1. The molecule has 1 saturated carbocycles. The molecule has 158 valence electrons. The number of hydrogen-bond donors (Lipinski definition) is 2. The number of nitrogens with one attached hydrogen (secondary N) is 2. The topological polar surface area (TPSA) is 81.8 Å². The van der Waals surface area contributed by atoms with Gasteiger partial charge in [-0.3, -0.25) is 19.9 Å². The summed E-state index contributed by atoms with van der Waals surface area (Å²) in [5, 5.41) is 3.59. The Kier molecular flexibility index (Phi) is 6.57. The molecular formula is C22H32N4O3. The first-order valence-corrected chi connectivity index (χ1v) is 10.6. The van der Waals surface area contributed by atoms with E-state index in [0.29, 0.717) is 18.9 Å². The highest BCUT2D eigenvalue weighted by atomic mass is 16.2. The SMILES string of the molecule is CC(C)N(CC(=O)NN1C(=O)NC(C)(CCc2ccccc2)C1=O)C1CCCC1. The molecular weight excluding hydrogens is 368 g/mol. The highest BCUT2D eigenvalue weighted by Gasteiger charge is 2.48. The van der Waals surface area contributed by atoms with Crippen LogP contribution in [0.1, 0.15) is 58.4 Å². The lowest BCUT2D eigenvalue weighted by molar-refractivity contribution is -0.139. The number of hydrazine groups is 1. The number of aryl methyl sites for hydroxylation is 1. The first-order valence-electron chi connectivity index (χ1n) is 10.6. The Morgan fingerprint density at radius 2 is 1.90 bits per heavy atom. The molecule has 0 aromatic heterocycles. The predicted molar refractivity (Wildman–Crippen MR) is 111 cm³/mol. The predicted octanol–water partition coefficient (Wildman–Crippen LogP) is 2.61. The monoisotopic (exact) mass is 400 g/mol. The van der Waals surface area contributed by atoms with Crippen molar-refractivity contribution in [1.82, 2.24) is 20.7 Å². The van der Waals surface area contributed by atoms with Crippen molar-refractivity contribution in [3.63, 3.8) is 0 Å². The average Bonchev–Trinajstić information content (AvgIpc) is 3.29. The molecule has 0 radical (unpaired) electrons. The maximum Gasteiger partial charge on any atom is 0.344 e. The smallest absolute Gasteiger partial charge is 0.322 e. The molecule has 1 saturated heterocycles. The van der Waals surface area contributed by atoms with Gasteiger partial charge in [0.25, 0.3) is 11.8 Å². The number of hydrogen-bond acceptors (Lipinski definition) is 4. The molecule has 7 nitrogen and oxygen atoms in total. The number of imide groups is 1. The lowest BCUT2D eigenvalue weighted by atomic mass is 9.93. The number of benzene rings is 1. The fourth-order valence-corrected chi connectivity index (χ4v) is 4.29. The molecule has 1 aliphatic carbocycles. The Labute approximate surface area is 172 Å². The molecule has 1 heterocycles. The molecule has 0 bridgehead atoms. The number of carbonyl (C=O) groups excluding carboxylic acids is 3. The van der Waals surface area contributed by atoms with Crippen molar-refractivity contribution in [3.8, 4) is 0 Å². The average molecular weight is 401 g/mol. The molecule has 7 heteroatoms. The molecule has 1 aliphatic heterocycles. The summed E-state index contributed by atoms with van der Waals surface area (Å²) in [5.41, 5.74) is 2.61. The zero-order chi connectivity index (χ0) is 21.0. The highest BCUT2D eigenvalue weighted by molar-refractivity contribution is 6.07. The van der Waals surface area contributed by atoms with Crippen molar-refractivity contribution >= 4 is 17.8 Å². The van der Waals surface area contributed by atoms with E-state index in [2.05, 4.69) is 29.5 Å². The summed E-state index contributed by atoms with van der Waals surface area (Å²) in [6.07, 6.45) is 5.67. The molecule has 3 rings (SSSR count). The zero-order valence-corrected chi connectivity index (χ0v) is 17.6. The third-order valence-corrected chi connectivity index (χ3v) is 6.04. The van der Waals surface area contributed by atoms with E-state index in [1.165, 1.54) is 12.8 Å². The Hall–Kier alpha value is -2.41. The summed E-state index contributed by atoms with van der Waals surface area (Å²) < 4.78 is 0. The van der Waals surface area contributed by atoms with Gasteiger partial charge >= 0.3 is 6.03 Å². The third kappa shape index (κ3) is 4.96. The number of rotatable bonds is 8. The van der Waals surface area contributed by atoms with Gasteiger partial charge in [0.1, 0.15) is 5.54 Å². The Balaban J connectivity index is 1.59. The van der Waals surface area contributed by atoms with Gasteiger partial charge in [-0.25, -0.2) is 4.79 Å². The van der Waals surface area contributed by atoms with Crippen molar-refractivity contribution in [2.75, 3.05) is 6.54 Å². The van der Waals surface area contributed by atoms with Gasteiger partial charge in [0.05, 0.1) is 6.54 Å². The fraction of sp³-hybridized carbons (Fsp3) is 0.591. The Morgan fingerprint density at radius 1 is 1.24 bits per heavy atom. The van der Waals surface area contributed by atoms with E-state index in [1.54, 1.807) is 6.92 Å². The van der Waals surface area contributed by atoms with Crippen LogP contribution in [0.25, 0.3) is 0 Å². The van der Waals surface area contributed by atoms with Crippen LogP contribution in [0.4, 0.5) is 4.79 Å². The minimum atomic E-state index is -1.02. The van der Waals surface area contributed by atoms with Crippen LogP contribution in [0.5, 0.6) is 0 Å². The lowest BCUT2D eigenvalue weighted by Crippen LogP contribution is -2.53. The second-order valence-electron chi connectivity index (χ2n) is 8.63. The molecule has 1 atom stereocenters. The largest absolute Gasteiger partial charge is 0.344 e. The van der Waals surface area contributed by atoms with Crippen molar-refractivity contribution < 1.29 is 14.4 Å². The summed E-state index contributed by atoms with van der Waals surface area (Å²) in [6.45, 7) is 6.03. The second-order valence-corrected chi connectivity index (χ2v) is 8.63. The van der Waals surface area contributed by atoms with Crippen LogP contribution in [0.3, 0.4) is 0 Å². The van der Waals surface area contributed by atoms with Gasteiger partial charge in [-0.05, 0) is 52.0 Å². The van der Waals surface area contributed by atoms with Crippen LogP contribution >= 0.6 is 0 Å². The van der Waals surface area contributed by atoms with E-state index in [0.717, 1.165) is 23.4 Å². The summed E-state index contributed by atoms with van der Waals surface area (Å²) >= 11 is 0. The van der Waals surface area contributed by atoms with Crippen LogP contribution in [-0.4, -0.2) is 51.9 Å². The van der Waals surface area contributed by atoms with Crippen LogP contribution in [0.2, 0.25) is 0 Å². The van der Waals surface area contributed by atoms with Gasteiger partial charge in [0.2, 0.25) is 0 Å². The molecule has 2 fully saturated rings. The quantitative estimate of drug-likeness (QED) is 0.657. The number of amides is 4. The van der Waals surface area contributed by atoms with Crippen LogP contribution in [0, 0.1) is 0 Å². The van der Waals surface area contributed by atoms with Crippen LogP contribution in [0.15, 0.2) is 30.3 Å². The van der Waals surface area contributed by atoms with Gasteiger partial charge in [-0.2, -0.15) is 5.01 Å². The van der Waals surface area contributed by atoms with Gasteiger partial charge in [-0.15, -0.1) is 0 Å². The zero-order valence-electron chi connectivity index (χ0n) is 17.6. The lowest BCUT2D eigenvalue weighted by Gasteiger charge is -2.32. The number of carbonyl (C=O) groups is 3. The molecule has 1 aromatic rings. The minimum Gasteiger partial charge on any atom is -0.322 e. The minimum absolute atomic E-state index is 0.181. The Bertz CT molecular complexity index is 746. The molecule has 1 aromatic carbocycles. The molecule has 29 heavy (non-hydrogen) atoms. The first-order chi connectivity index (χ1) is 13.8. The van der Waals surface area contributed by atoms with Crippen LogP contribution < -0.4 is 10.7 Å². The van der Waals surface area contributed by atoms with E-state index < -0.39 is 17.5 Å². The maximum atomic E-state index is 12.9. The molecule has 1 unspecified atom stereocenters. The number of nitrogens with zero attached hydrogens (tertiary/aromatic N) is 2. The third-order valence-electron chi connectivity index (χ3n) is 6.04. The van der Waals surface area contributed by atoms with Crippen molar-refractivity contribution in [1.29, 1.82) is 0 Å². The van der Waals surface area contributed by atoms with Gasteiger partial charge < -0.3 is 5.32 Å². The van der Waals surface area contributed by atoms with Gasteiger partial charge in [0.15, 0.2) is 0 Å². The fourth-order valence-electron chi connectivity index (χ4n) is 4.29. The molecule has 4 amide bonds. The van der Waals surface area contributed by atoms with E-state index in [4.69, 9.17) is 0 Å². The van der Waals surface area contributed by atoms with E-state index in [1.807, 2.05) is 30.3 Å². The van der Waals surface area contributed by atoms with Crippen molar-refractivity contribution in [2.24, 2.45) is 0 Å². The normalized spacial score (nSPS) is 22.6. The van der Waals surface area contributed by atoms with Crippen molar-refractivity contribution in [2.45, 2.75) is 76.9 Å². The van der Waals surface area contributed by atoms with E-state index in [-0.39, 0.29) is 18.5 Å². The van der Waals surface area contributed by atoms with E-state index >= 15 is 0 Å². The number of urea groups is 1. The van der Waals surface area contributed by atoms with E-state index in [9.17, 15) is 14.4 Å². The molecule has 0 spiro atoms. The van der Waals surface area contributed by atoms with Gasteiger partial charge in [-0.1, -0.05) is 43.2 Å². The molecule has 2 aliphatic rings. The molecule has 2 N–H and O–H groups in total. The standard InChI is InChI=1S/C22H32N4O3/c1-16(2)25(18-11-7-8-12-18)15-19(27)24-26-20(28)22(3,23-21(26)29)14-13-17-9-5-4-6-10-17/h4-6,9-10,16,18H,7-8,11-15H2,1-3H3,(H,23,29)(H,24,27). The first kappa shape index (κ1) is 21.3. The van der Waals surface area contributed by atoms with Crippen LogP contribution in [-0.2, 0) is 16.0 Å². The summed E-state index contributed by atoms with van der Waals surface area (Å²) in [5.74, 6) is -0.745. The Morgan fingerprint density at radius 3 is 2.52 bits per heavy atom. The maximum absolute atomic E-state index is 12.9.